The van der Waals surface area contributed by atoms with Gasteiger partial charge in [-0.3, -0.25) is 0 Å². The van der Waals surface area contributed by atoms with Crippen LogP contribution in [0.2, 0.25) is 0 Å². The second-order valence-corrected chi connectivity index (χ2v) is 4.43. The van der Waals surface area contributed by atoms with Gasteiger partial charge < -0.3 is 9.88 Å². The molecule has 8 heteroatoms. The number of benzene rings is 1. The van der Waals surface area contributed by atoms with Crippen LogP contribution in [-0.4, -0.2) is 21.3 Å². The van der Waals surface area contributed by atoms with Crippen LogP contribution in [0.3, 0.4) is 0 Å². The van der Waals surface area contributed by atoms with Crippen LogP contribution in [0.5, 0.6) is 0 Å². The summed E-state index contributed by atoms with van der Waals surface area (Å²) in [7, 11) is 0. The minimum atomic E-state index is -4.73. The van der Waals surface area contributed by atoms with Gasteiger partial charge in [0.1, 0.15) is 11.6 Å². The van der Waals surface area contributed by atoms with Gasteiger partial charge in [-0.15, -0.1) is 10.2 Å². The highest BCUT2D eigenvalue weighted by molar-refractivity contribution is 5.58. The number of nitrogens with zero attached hydrogens (tertiary/aromatic N) is 3. The van der Waals surface area contributed by atoms with E-state index in [1.54, 1.807) is 4.57 Å². The zero-order valence-electron chi connectivity index (χ0n) is 10.2. The van der Waals surface area contributed by atoms with Crippen LogP contribution in [0.25, 0.3) is 11.4 Å². The molecule has 0 atom stereocenters. The first-order valence-electron chi connectivity index (χ1n) is 5.97. The number of fused-ring (bicyclic) bond motifs is 1. The van der Waals surface area contributed by atoms with E-state index in [9.17, 15) is 17.6 Å². The minimum Gasteiger partial charge on any atom is -0.309 e. The van der Waals surface area contributed by atoms with E-state index in [0.29, 0.717) is 31.5 Å². The smallest absolute Gasteiger partial charge is 0.309 e. The molecule has 0 aliphatic carbocycles. The first-order chi connectivity index (χ1) is 9.48. The lowest BCUT2D eigenvalue weighted by Gasteiger charge is -2.17. The van der Waals surface area contributed by atoms with E-state index in [4.69, 9.17) is 0 Å². The molecule has 1 aliphatic heterocycles. The summed E-state index contributed by atoms with van der Waals surface area (Å²) in [5, 5.41) is 10.7. The average Bonchev–Trinajstić information content (AvgIpc) is 2.81. The summed E-state index contributed by atoms with van der Waals surface area (Å²) in [6.45, 7) is 1.60. The summed E-state index contributed by atoms with van der Waals surface area (Å²) in [5.74, 6) is -0.595. The van der Waals surface area contributed by atoms with Crippen LogP contribution in [0.4, 0.5) is 17.6 Å². The van der Waals surface area contributed by atoms with Gasteiger partial charge in [-0.1, -0.05) is 6.07 Å². The van der Waals surface area contributed by atoms with Crippen LogP contribution in [0.15, 0.2) is 18.2 Å². The highest BCUT2D eigenvalue weighted by Gasteiger charge is 2.35. The minimum absolute atomic E-state index is 0.130. The van der Waals surface area contributed by atoms with E-state index in [2.05, 4.69) is 15.5 Å². The van der Waals surface area contributed by atoms with Crippen molar-refractivity contribution in [2.75, 3.05) is 6.54 Å². The quantitative estimate of drug-likeness (QED) is 0.817. The van der Waals surface area contributed by atoms with E-state index in [0.717, 1.165) is 0 Å². The molecular weight excluding hydrogens is 276 g/mol. The fourth-order valence-electron chi connectivity index (χ4n) is 2.21. The topological polar surface area (TPSA) is 42.7 Å². The van der Waals surface area contributed by atoms with Crippen molar-refractivity contribution in [3.63, 3.8) is 0 Å². The Morgan fingerprint density at radius 3 is 2.75 bits per heavy atom. The Morgan fingerprint density at radius 2 is 2.00 bits per heavy atom. The maximum absolute atomic E-state index is 14.1. The van der Waals surface area contributed by atoms with Crippen molar-refractivity contribution in [1.82, 2.24) is 20.1 Å². The Balaban J connectivity index is 2.14. The SMILES string of the molecule is Fc1c(-c2nnc3n2CCNC3)cccc1C(F)(F)F. The highest BCUT2D eigenvalue weighted by Crippen LogP contribution is 2.35. The molecule has 2 heterocycles. The summed E-state index contributed by atoms with van der Waals surface area (Å²) >= 11 is 0. The number of aromatic nitrogens is 3. The van der Waals surface area contributed by atoms with Crippen LogP contribution >= 0.6 is 0 Å². The van der Waals surface area contributed by atoms with E-state index in [1.807, 2.05) is 0 Å². The lowest BCUT2D eigenvalue weighted by Crippen LogP contribution is -2.28. The van der Waals surface area contributed by atoms with E-state index < -0.39 is 17.6 Å². The monoisotopic (exact) mass is 286 g/mol. The van der Waals surface area contributed by atoms with Gasteiger partial charge in [-0.25, -0.2) is 4.39 Å². The maximum Gasteiger partial charge on any atom is 0.419 e. The van der Waals surface area contributed by atoms with Crippen LogP contribution in [0.1, 0.15) is 11.4 Å². The first-order valence-corrected chi connectivity index (χ1v) is 5.97. The van der Waals surface area contributed by atoms with Crippen molar-refractivity contribution in [1.29, 1.82) is 0 Å². The third-order valence-electron chi connectivity index (χ3n) is 3.17. The molecule has 1 aromatic heterocycles. The first kappa shape index (κ1) is 13.0. The van der Waals surface area contributed by atoms with Crippen LogP contribution in [0, 0.1) is 5.82 Å². The summed E-state index contributed by atoms with van der Waals surface area (Å²) < 4.78 is 53.9. The molecule has 0 saturated carbocycles. The Morgan fingerprint density at radius 1 is 1.20 bits per heavy atom. The lowest BCUT2D eigenvalue weighted by molar-refractivity contribution is -0.139. The Hall–Kier alpha value is -1.96. The summed E-state index contributed by atoms with van der Waals surface area (Å²) in [5.41, 5.74) is -1.47. The van der Waals surface area contributed by atoms with Crippen molar-refractivity contribution in [2.24, 2.45) is 0 Å². The molecule has 0 spiro atoms. The third kappa shape index (κ3) is 2.05. The summed E-state index contributed by atoms with van der Waals surface area (Å²) in [6, 6.07) is 3.17. The van der Waals surface area contributed by atoms with Gasteiger partial charge in [-0.05, 0) is 12.1 Å². The molecule has 0 unspecified atom stereocenters. The molecule has 20 heavy (non-hydrogen) atoms. The molecule has 1 N–H and O–H groups in total. The number of nitrogens with one attached hydrogen (secondary N) is 1. The van der Waals surface area contributed by atoms with E-state index >= 15 is 0 Å². The standard InChI is InChI=1S/C12H10F4N4/c13-10-7(2-1-3-8(10)12(14,15)16)11-19-18-9-6-17-4-5-20(9)11/h1-3,17H,4-6H2. The third-order valence-corrected chi connectivity index (χ3v) is 3.17. The zero-order valence-corrected chi connectivity index (χ0v) is 10.2. The Labute approximate surface area is 111 Å². The molecule has 1 aliphatic rings. The van der Waals surface area contributed by atoms with Gasteiger partial charge in [0.2, 0.25) is 0 Å². The number of hydrogen-bond donors (Lipinski definition) is 1. The van der Waals surface area contributed by atoms with Gasteiger partial charge in [0.15, 0.2) is 5.82 Å². The van der Waals surface area contributed by atoms with Crippen molar-refractivity contribution in [3.8, 4) is 11.4 Å². The highest BCUT2D eigenvalue weighted by atomic mass is 19.4. The molecule has 4 nitrogen and oxygen atoms in total. The summed E-state index contributed by atoms with van der Waals surface area (Å²) in [6.07, 6.45) is -4.73. The Bertz CT molecular complexity index is 647. The molecule has 106 valence electrons. The van der Waals surface area contributed by atoms with Crippen molar-refractivity contribution in [2.45, 2.75) is 19.3 Å². The lowest BCUT2D eigenvalue weighted by atomic mass is 10.1. The number of halogens is 4. The fourth-order valence-corrected chi connectivity index (χ4v) is 2.21. The molecule has 1 aromatic carbocycles. The van der Waals surface area contributed by atoms with Gasteiger partial charge in [0.05, 0.1) is 17.7 Å². The van der Waals surface area contributed by atoms with Gasteiger partial charge in [0.25, 0.3) is 0 Å². The molecule has 0 amide bonds. The van der Waals surface area contributed by atoms with Crippen LogP contribution < -0.4 is 5.32 Å². The molecule has 0 bridgehead atoms. The second-order valence-electron chi connectivity index (χ2n) is 4.43. The molecule has 3 rings (SSSR count). The van der Waals surface area contributed by atoms with E-state index in [1.165, 1.54) is 12.1 Å². The summed E-state index contributed by atoms with van der Waals surface area (Å²) in [4.78, 5) is 0. The zero-order chi connectivity index (χ0) is 14.3. The number of hydrogen-bond acceptors (Lipinski definition) is 3. The predicted octanol–water partition coefficient (Wildman–Crippen LogP) is 2.21. The predicted molar refractivity (Wildman–Crippen MR) is 62.1 cm³/mol. The van der Waals surface area contributed by atoms with Gasteiger partial charge >= 0.3 is 6.18 Å². The fraction of sp³-hybridized carbons (Fsp3) is 0.333. The van der Waals surface area contributed by atoms with Crippen molar-refractivity contribution >= 4 is 0 Å². The maximum atomic E-state index is 14.1. The molecule has 0 fully saturated rings. The number of alkyl halides is 3. The van der Waals surface area contributed by atoms with Gasteiger partial charge in [-0.2, -0.15) is 13.2 Å². The van der Waals surface area contributed by atoms with Crippen LogP contribution in [-0.2, 0) is 19.3 Å². The normalized spacial score (nSPS) is 15.2. The van der Waals surface area contributed by atoms with Crippen molar-refractivity contribution in [3.05, 3.63) is 35.4 Å². The molecule has 0 saturated heterocycles. The van der Waals surface area contributed by atoms with E-state index in [-0.39, 0.29) is 11.4 Å². The largest absolute Gasteiger partial charge is 0.419 e. The molecule has 2 aromatic rings. The molecular formula is C12H10F4N4. The van der Waals surface area contributed by atoms with Crippen molar-refractivity contribution < 1.29 is 17.6 Å². The number of rotatable bonds is 1. The average molecular weight is 286 g/mol. The molecule has 0 radical (unpaired) electrons. The second kappa shape index (κ2) is 4.55. The van der Waals surface area contributed by atoms with Gasteiger partial charge in [0, 0.05) is 13.1 Å². The Kier molecular flexibility index (Phi) is 2.97.